The van der Waals surface area contributed by atoms with Gasteiger partial charge in [0.2, 0.25) is 0 Å². The van der Waals surface area contributed by atoms with Crippen molar-refractivity contribution in [3.8, 4) is 0 Å². The van der Waals surface area contributed by atoms with E-state index in [9.17, 15) is 4.79 Å². The molecule has 0 bridgehead atoms. The Labute approximate surface area is 71.8 Å². The zero-order valence-electron chi connectivity index (χ0n) is 7.25. The van der Waals surface area contributed by atoms with Gasteiger partial charge in [-0.15, -0.1) is 0 Å². The van der Waals surface area contributed by atoms with E-state index in [0.29, 0.717) is 33.1 Å². The van der Waals surface area contributed by atoms with Gasteiger partial charge in [0.1, 0.15) is 13.4 Å². The number of ether oxygens (including phenoxy) is 3. The molecule has 70 valence electrons. The maximum absolute atomic E-state index is 10.0. The highest BCUT2D eigenvalue weighted by Crippen LogP contribution is 2.26. The number of hydrogen-bond acceptors (Lipinski definition) is 4. The minimum atomic E-state index is -0.126. The molecule has 0 atom stereocenters. The number of hydrogen-bond donors (Lipinski definition) is 0. The third-order valence-corrected chi connectivity index (χ3v) is 2.19. The summed E-state index contributed by atoms with van der Waals surface area (Å²) in [6.45, 7) is 4.45. The molecule has 0 aromatic carbocycles. The zero-order chi connectivity index (χ0) is 8.86. The van der Waals surface area contributed by atoms with Crippen LogP contribution in [0.2, 0.25) is 0 Å². The molecule has 1 aliphatic heterocycles. The lowest BCUT2D eigenvalue weighted by molar-refractivity contribution is -0.182. The number of carbonyl (C=O) groups is 1. The molecule has 0 amide bonds. The monoisotopic (exact) mass is 174 g/mol. The topological polar surface area (TPSA) is 44.8 Å². The van der Waals surface area contributed by atoms with Crippen molar-refractivity contribution < 1.29 is 19.0 Å². The molecule has 12 heavy (non-hydrogen) atoms. The Kier molecular flexibility index (Phi) is 3.49. The fourth-order valence-corrected chi connectivity index (χ4v) is 1.22. The molecule has 0 radical (unpaired) electrons. The number of rotatable bonds is 4. The fourth-order valence-electron chi connectivity index (χ4n) is 1.22. The standard InChI is InChI=1S/C8H14O4/c1-2-8(3-10-6-9)4-11-7-12-5-8/h6H,2-5,7H2,1H3. The molecule has 4 nitrogen and oxygen atoms in total. The van der Waals surface area contributed by atoms with Crippen LogP contribution < -0.4 is 0 Å². The molecule has 0 N–H and O–H groups in total. The van der Waals surface area contributed by atoms with Gasteiger partial charge in [0.05, 0.1) is 18.6 Å². The van der Waals surface area contributed by atoms with Crippen LogP contribution in [-0.4, -0.2) is 33.1 Å². The van der Waals surface area contributed by atoms with Gasteiger partial charge in [-0.2, -0.15) is 0 Å². The summed E-state index contributed by atoms with van der Waals surface area (Å²) in [5.41, 5.74) is -0.126. The van der Waals surface area contributed by atoms with Crippen LogP contribution in [0.4, 0.5) is 0 Å². The van der Waals surface area contributed by atoms with Gasteiger partial charge in [-0.1, -0.05) is 6.92 Å². The van der Waals surface area contributed by atoms with E-state index >= 15 is 0 Å². The highest BCUT2D eigenvalue weighted by molar-refractivity contribution is 5.37. The first-order valence-corrected chi connectivity index (χ1v) is 4.04. The van der Waals surface area contributed by atoms with Crippen LogP contribution in [-0.2, 0) is 19.0 Å². The van der Waals surface area contributed by atoms with Gasteiger partial charge in [-0.3, -0.25) is 4.79 Å². The third kappa shape index (κ3) is 2.19. The van der Waals surface area contributed by atoms with E-state index in [2.05, 4.69) is 0 Å². The molecule has 4 heteroatoms. The van der Waals surface area contributed by atoms with E-state index in [1.807, 2.05) is 6.92 Å². The van der Waals surface area contributed by atoms with Crippen molar-refractivity contribution in [3.63, 3.8) is 0 Å². The minimum absolute atomic E-state index is 0.126. The van der Waals surface area contributed by atoms with Gasteiger partial charge in [-0.25, -0.2) is 0 Å². The van der Waals surface area contributed by atoms with Crippen molar-refractivity contribution >= 4 is 6.47 Å². The highest BCUT2D eigenvalue weighted by Gasteiger charge is 2.32. The molecule has 1 rings (SSSR count). The van der Waals surface area contributed by atoms with Crippen LogP contribution in [0.1, 0.15) is 13.3 Å². The van der Waals surface area contributed by atoms with Crippen molar-refractivity contribution in [2.45, 2.75) is 13.3 Å². The maximum Gasteiger partial charge on any atom is 0.293 e. The Morgan fingerprint density at radius 3 is 2.67 bits per heavy atom. The van der Waals surface area contributed by atoms with Crippen LogP contribution in [0, 0.1) is 5.41 Å². The van der Waals surface area contributed by atoms with Crippen molar-refractivity contribution in [2.75, 3.05) is 26.6 Å². The molecule has 0 spiro atoms. The molecular formula is C8H14O4. The van der Waals surface area contributed by atoms with Gasteiger partial charge in [0.15, 0.2) is 0 Å². The van der Waals surface area contributed by atoms with Gasteiger partial charge in [0.25, 0.3) is 6.47 Å². The Hall–Kier alpha value is -0.610. The van der Waals surface area contributed by atoms with Crippen LogP contribution in [0.15, 0.2) is 0 Å². The summed E-state index contributed by atoms with van der Waals surface area (Å²) in [6.07, 6.45) is 0.890. The molecule has 0 aliphatic carbocycles. The van der Waals surface area contributed by atoms with Crippen LogP contribution >= 0.6 is 0 Å². The molecule has 1 saturated heterocycles. The predicted molar refractivity (Wildman–Crippen MR) is 41.5 cm³/mol. The van der Waals surface area contributed by atoms with E-state index in [-0.39, 0.29) is 5.41 Å². The first-order valence-electron chi connectivity index (χ1n) is 4.04. The van der Waals surface area contributed by atoms with E-state index in [4.69, 9.17) is 14.2 Å². The van der Waals surface area contributed by atoms with Gasteiger partial charge < -0.3 is 14.2 Å². The number of carbonyl (C=O) groups excluding carboxylic acids is 1. The summed E-state index contributed by atoms with van der Waals surface area (Å²) in [7, 11) is 0. The van der Waals surface area contributed by atoms with Gasteiger partial charge >= 0.3 is 0 Å². The summed E-state index contributed by atoms with van der Waals surface area (Å²) in [5, 5.41) is 0. The lowest BCUT2D eigenvalue weighted by Gasteiger charge is -2.34. The molecule has 1 aliphatic rings. The quantitative estimate of drug-likeness (QED) is 0.584. The van der Waals surface area contributed by atoms with Gasteiger partial charge in [0, 0.05) is 0 Å². The molecule has 0 unspecified atom stereocenters. The third-order valence-electron chi connectivity index (χ3n) is 2.19. The minimum Gasteiger partial charge on any atom is -0.467 e. The molecule has 1 heterocycles. The molecule has 1 fully saturated rings. The largest absolute Gasteiger partial charge is 0.467 e. The lowest BCUT2D eigenvalue weighted by atomic mass is 9.87. The van der Waals surface area contributed by atoms with E-state index < -0.39 is 0 Å². The Morgan fingerprint density at radius 2 is 2.17 bits per heavy atom. The van der Waals surface area contributed by atoms with Gasteiger partial charge in [-0.05, 0) is 6.42 Å². The summed E-state index contributed by atoms with van der Waals surface area (Å²) in [6, 6.07) is 0. The van der Waals surface area contributed by atoms with E-state index in [1.165, 1.54) is 0 Å². The Balaban J connectivity index is 2.41. The summed E-state index contributed by atoms with van der Waals surface area (Å²) in [5.74, 6) is 0. The average molecular weight is 174 g/mol. The predicted octanol–water partition coefficient (Wildman–Crippen LogP) is 0.560. The van der Waals surface area contributed by atoms with Crippen molar-refractivity contribution in [3.05, 3.63) is 0 Å². The second-order valence-corrected chi connectivity index (χ2v) is 3.08. The summed E-state index contributed by atoms with van der Waals surface area (Å²) < 4.78 is 15.0. The Morgan fingerprint density at radius 1 is 1.50 bits per heavy atom. The SMILES string of the molecule is CCC1(COC=O)COCOC1. The first-order chi connectivity index (χ1) is 5.83. The average Bonchev–Trinajstić information content (AvgIpc) is 2.16. The molecule has 0 saturated carbocycles. The summed E-state index contributed by atoms with van der Waals surface area (Å²) in [4.78, 5) is 10.0. The molecule has 0 aromatic rings. The molecular weight excluding hydrogens is 160 g/mol. The van der Waals surface area contributed by atoms with E-state index in [1.54, 1.807) is 0 Å². The maximum atomic E-state index is 10.0. The van der Waals surface area contributed by atoms with Crippen LogP contribution in [0.25, 0.3) is 0 Å². The van der Waals surface area contributed by atoms with Crippen molar-refractivity contribution in [1.82, 2.24) is 0 Å². The van der Waals surface area contributed by atoms with E-state index in [0.717, 1.165) is 6.42 Å². The second kappa shape index (κ2) is 4.42. The van der Waals surface area contributed by atoms with Crippen molar-refractivity contribution in [1.29, 1.82) is 0 Å². The van der Waals surface area contributed by atoms with Crippen molar-refractivity contribution in [2.24, 2.45) is 5.41 Å². The highest BCUT2D eigenvalue weighted by atomic mass is 16.7. The van der Waals surface area contributed by atoms with Crippen LogP contribution in [0.5, 0.6) is 0 Å². The fraction of sp³-hybridized carbons (Fsp3) is 0.875. The molecule has 0 aromatic heterocycles. The second-order valence-electron chi connectivity index (χ2n) is 3.08. The van der Waals surface area contributed by atoms with Crippen LogP contribution in [0.3, 0.4) is 0 Å². The first kappa shape index (κ1) is 9.48. The summed E-state index contributed by atoms with van der Waals surface area (Å²) >= 11 is 0. The smallest absolute Gasteiger partial charge is 0.293 e. The Bertz CT molecular complexity index is 140. The normalized spacial score (nSPS) is 21.8. The zero-order valence-corrected chi connectivity index (χ0v) is 7.25. The lowest BCUT2D eigenvalue weighted by Crippen LogP contribution is -2.40.